The van der Waals surface area contributed by atoms with Gasteiger partial charge >= 0.3 is 0 Å². The SMILES string of the molecule is CN(C)CCCC[C@@H]1NC(=O)[C@H]2C[C@@H](C(=O)NCCCCCCNC(=O)CS)[C@@H](c3ccc(O)cc3)N2C1=O. The van der Waals surface area contributed by atoms with E-state index < -0.39 is 24.0 Å². The highest BCUT2D eigenvalue weighted by Gasteiger charge is 2.54. The van der Waals surface area contributed by atoms with E-state index in [0.717, 1.165) is 50.6 Å². The van der Waals surface area contributed by atoms with E-state index in [1.807, 2.05) is 14.1 Å². The number of aromatic hydroxyl groups is 1. The Balaban J connectivity index is 1.62. The van der Waals surface area contributed by atoms with E-state index in [1.165, 1.54) is 0 Å². The molecule has 4 atom stereocenters. The number of nitrogens with one attached hydrogen (secondary N) is 3. The lowest BCUT2D eigenvalue weighted by atomic mass is 9.92. The third kappa shape index (κ3) is 8.60. The summed E-state index contributed by atoms with van der Waals surface area (Å²) >= 11 is 3.93. The number of nitrogens with zero attached hydrogens (tertiary/aromatic N) is 2. The zero-order valence-electron chi connectivity index (χ0n) is 23.0. The molecular formula is C28H43N5O5S. The van der Waals surface area contributed by atoms with E-state index in [-0.39, 0.29) is 41.6 Å². The number of piperazine rings is 1. The lowest BCUT2D eigenvalue weighted by Gasteiger charge is -2.38. The number of carbonyl (C=O) groups is 4. The van der Waals surface area contributed by atoms with E-state index in [1.54, 1.807) is 29.2 Å². The van der Waals surface area contributed by atoms with E-state index in [4.69, 9.17) is 0 Å². The van der Waals surface area contributed by atoms with Gasteiger partial charge in [0.1, 0.15) is 17.8 Å². The Bertz CT molecular complexity index is 989. The number of benzene rings is 1. The van der Waals surface area contributed by atoms with Crippen molar-refractivity contribution in [2.24, 2.45) is 5.92 Å². The number of thiol groups is 1. The molecule has 4 amide bonds. The molecule has 39 heavy (non-hydrogen) atoms. The van der Waals surface area contributed by atoms with Crippen molar-refractivity contribution < 1.29 is 24.3 Å². The largest absolute Gasteiger partial charge is 0.508 e. The molecule has 4 N–H and O–H groups in total. The minimum atomic E-state index is -0.697. The van der Waals surface area contributed by atoms with Crippen LogP contribution in [0.25, 0.3) is 0 Å². The third-order valence-corrected chi connectivity index (χ3v) is 7.74. The Morgan fingerprint density at radius 2 is 1.69 bits per heavy atom. The van der Waals surface area contributed by atoms with E-state index >= 15 is 0 Å². The monoisotopic (exact) mass is 561 g/mol. The normalized spacial score (nSPS) is 22.5. The second-order valence-corrected chi connectivity index (χ2v) is 11.0. The van der Waals surface area contributed by atoms with E-state index in [9.17, 15) is 24.3 Å². The van der Waals surface area contributed by atoms with Gasteiger partial charge < -0.3 is 30.9 Å². The average Bonchev–Trinajstić information content (AvgIpc) is 3.32. The maximum absolute atomic E-state index is 13.6. The van der Waals surface area contributed by atoms with Crippen molar-refractivity contribution >= 4 is 36.3 Å². The fourth-order valence-electron chi connectivity index (χ4n) is 5.42. The molecule has 2 aliphatic rings. The van der Waals surface area contributed by atoms with Crippen molar-refractivity contribution in [3.05, 3.63) is 29.8 Å². The molecular weight excluding hydrogens is 518 g/mol. The summed E-state index contributed by atoms with van der Waals surface area (Å²) in [6.45, 7) is 2.03. The first-order chi connectivity index (χ1) is 18.7. The fourth-order valence-corrected chi connectivity index (χ4v) is 5.53. The average molecular weight is 562 g/mol. The van der Waals surface area contributed by atoms with Gasteiger partial charge in [-0.3, -0.25) is 19.2 Å². The number of hydrogen-bond donors (Lipinski definition) is 5. The first-order valence-electron chi connectivity index (χ1n) is 13.9. The fraction of sp³-hybridized carbons (Fsp3) is 0.643. The van der Waals surface area contributed by atoms with Crippen LogP contribution in [0.1, 0.15) is 63.0 Å². The summed E-state index contributed by atoms with van der Waals surface area (Å²) < 4.78 is 0. The second-order valence-electron chi connectivity index (χ2n) is 10.7. The predicted molar refractivity (Wildman–Crippen MR) is 152 cm³/mol. The Labute approximate surface area is 236 Å². The summed E-state index contributed by atoms with van der Waals surface area (Å²) in [6, 6.07) is 4.66. The van der Waals surface area contributed by atoms with Crippen LogP contribution in [0, 0.1) is 5.92 Å². The summed E-state index contributed by atoms with van der Waals surface area (Å²) in [4.78, 5) is 55.0. The smallest absolute Gasteiger partial charge is 0.246 e. The molecule has 1 aromatic carbocycles. The zero-order chi connectivity index (χ0) is 28.4. The van der Waals surface area contributed by atoms with Gasteiger partial charge in [0.25, 0.3) is 0 Å². The number of amides is 4. The molecule has 0 radical (unpaired) electrons. The molecule has 0 aliphatic carbocycles. The third-order valence-electron chi connectivity index (χ3n) is 7.45. The molecule has 2 saturated heterocycles. The first kappa shape index (κ1) is 30.7. The summed E-state index contributed by atoms with van der Waals surface area (Å²) in [6.07, 6.45) is 6.05. The molecule has 0 aromatic heterocycles. The molecule has 0 bridgehead atoms. The van der Waals surface area contributed by atoms with Gasteiger partial charge in [0, 0.05) is 13.1 Å². The Kier molecular flexibility index (Phi) is 11.9. The van der Waals surface area contributed by atoms with Gasteiger partial charge in [-0.15, -0.1) is 0 Å². The Morgan fingerprint density at radius 3 is 2.33 bits per heavy atom. The second kappa shape index (κ2) is 15.1. The van der Waals surface area contributed by atoms with Crippen LogP contribution in [0.2, 0.25) is 0 Å². The van der Waals surface area contributed by atoms with Gasteiger partial charge in [-0.2, -0.15) is 12.6 Å². The molecule has 0 saturated carbocycles. The number of fused-ring (bicyclic) bond motifs is 1. The van der Waals surface area contributed by atoms with Crippen LogP contribution in [-0.4, -0.2) is 90.1 Å². The van der Waals surface area contributed by atoms with E-state index in [2.05, 4.69) is 33.5 Å². The maximum atomic E-state index is 13.6. The summed E-state index contributed by atoms with van der Waals surface area (Å²) in [5.41, 5.74) is 0.730. The van der Waals surface area contributed by atoms with Crippen LogP contribution in [0.15, 0.2) is 24.3 Å². The van der Waals surface area contributed by atoms with Crippen molar-refractivity contribution in [3.63, 3.8) is 0 Å². The number of unbranched alkanes of at least 4 members (excludes halogenated alkanes) is 4. The van der Waals surface area contributed by atoms with Gasteiger partial charge in [0.05, 0.1) is 17.7 Å². The molecule has 216 valence electrons. The molecule has 0 unspecified atom stereocenters. The highest BCUT2D eigenvalue weighted by molar-refractivity contribution is 7.81. The van der Waals surface area contributed by atoms with Crippen LogP contribution in [-0.2, 0) is 19.2 Å². The van der Waals surface area contributed by atoms with Crippen molar-refractivity contribution in [1.82, 2.24) is 25.8 Å². The number of hydrogen-bond acceptors (Lipinski definition) is 7. The first-order valence-corrected chi connectivity index (χ1v) is 14.6. The highest BCUT2D eigenvalue weighted by Crippen LogP contribution is 2.43. The quantitative estimate of drug-likeness (QED) is 0.163. The van der Waals surface area contributed by atoms with Gasteiger partial charge in [-0.25, -0.2) is 0 Å². The predicted octanol–water partition coefficient (Wildman–Crippen LogP) is 1.60. The van der Waals surface area contributed by atoms with E-state index in [0.29, 0.717) is 19.5 Å². The summed E-state index contributed by atoms with van der Waals surface area (Å²) in [7, 11) is 4.01. The molecule has 11 heteroatoms. The molecule has 2 fully saturated rings. The minimum absolute atomic E-state index is 0.0792. The van der Waals surface area contributed by atoms with Gasteiger partial charge in [0.15, 0.2) is 0 Å². The number of carbonyl (C=O) groups excluding carboxylic acids is 4. The van der Waals surface area contributed by atoms with Crippen LogP contribution < -0.4 is 16.0 Å². The molecule has 2 aliphatic heterocycles. The van der Waals surface area contributed by atoms with Gasteiger partial charge in [0.2, 0.25) is 23.6 Å². The number of phenolic OH excluding ortho intramolecular Hbond substituents is 1. The molecule has 0 spiro atoms. The van der Waals surface area contributed by atoms with Gasteiger partial charge in [-0.1, -0.05) is 25.0 Å². The Hall–Kier alpha value is -2.79. The molecule has 1 aromatic rings. The lowest BCUT2D eigenvalue weighted by molar-refractivity contribution is -0.149. The van der Waals surface area contributed by atoms with Crippen molar-refractivity contribution in [2.45, 2.75) is 69.5 Å². The van der Waals surface area contributed by atoms with Crippen LogP contribution in [0.4, 0.5) is 0 Å². The lowest BCUT2D eigenvalue weighted by Crippen LogP contribution is -2.61. The molecule has 3 rings (SSSR count). The van der Waals surface area contributed by atoms with Crippen LogP contribution >= 0.6 is 12.6 Å². The molecule has 2 heterocycles. The van der Waals surface area contributed by atoms with Crippen molar-refractivity contribution in [2.75, 3.05) is 39.5 Å². The van der Waals surface area contributed by atoms with Crippen LogP contribution in [0.5, 0.6) is 5.75 Å². The number of phenols is 1. The van der Waals surface area contributed by atoms with Crippen LogP contribution in [0.3, 0.4) is 0 Å². The van der Waals surface area contributed by atoms with Crippen molar-refractivity contribution in [3.8, 4) is 5.75 Å². The minimum Gasteiger partial charge on any atom is -0.508 e. The van der Waals surface area contributed by atoms with Gasteiger partial charge in [-0.05, 0) is 76.9 Å². The van der Waals surface area contributed by atoms with Crippen molar-refractivity contribution in [1.29, 1.82) is 0 Å². The maximum Gasteiger partial charge on any atom is 0.246 e. The summed E-state index contributed by atoms with van der Waals surface area (Å²) in [5.74, 6) is -0.907. The standard InChI is InChI=1S/C28H43N5O5S/c1-32(2)16-8-5-9-22-28(38)33-23(27(37)31-22)17-21(25(33)19-10-12-20(34)13-11-19)26(36)30-15-7-4-3-6-14-29-24(35)18-39/h10-13,21-23,25,34,39H,3-9,14-18H2,1-2H3,(H,29,35)(H,30,36)(H,31,37)/t21-,22+,23-,25-/m1/s1. The zero-order valence-corrected chi connectivity index (χ0v) is 23.9. The topological polar surface area (TPSA) is 131 Å². The Morgan fingerprint density at radius 1 is 1.03 bits per heavy atom. The molecule has 10 nitrogen and oxygen atoms in total. The highest BCUT2D eigenvalue weighted by atomic mass is 32.1. The summed E-state index contributed by atoms with van der Waals surface area (Å²) in [5, 5.41) is 18.5. The number of rotatable bonds is 15.